The van der Waals surface area contributed by atoms with Crippen LogP contribution in [0.2, 0.25) is 0 Å². The predicted molar refractivity (Wildman–Crippen MR) is 101 cm³/mol. The normalized spacial score (nSPS) is 18.1. The van der Waals surface area contributed by atoms with E-state index in [0.29, 0.717) is 38.9 Å². The second kappa shape index (κ2) is 7.75. The molecule has 7 nitrogen and oxygen atoms in total. The number of nitrogens with zero attached hydrogens (tertiary/aromatic N) is 3. The molecule has 0 unspecified atom stereocenters. The van der Waals surface area contributed by atoms with Crippen LogP contribution in [0.5, 0.6) is 0 Å². The van der Waals surface area contributed by atoms with Crippen molar-refractivity contribution in [1.82, 2.24) is 19.1 Å². The Morgan fingerprint density at radius 3 is 2.50 bits per heavy atom. The van der Waals surface area contributed by atoms with E-state index in [0.717, 1.165) is 11.4 Å². The van der Waals surface area contributed by atoms with Gasteiger partial charge in [0.15, 0.2) is 0 Å². The average molecular weight is 378 g/mol. The maximum atomic E-state index is 12.5. The molecule has 26 heavy (non-hydrogen) atoms. The molecule has 1 aliphatic heterocycles. The molecule has 142 valence electrons. The van der Waals surface area contributed by atoms with Crippen molar-refractivity contribution in [2.75, 3.05) is 13.1 Å². The van der Waals surface area contributed by atoms with Crippen molar-refractivity contribution in [2.24, 2.45) is 0 Å². The van der Waals surface area contributed by atoms with Gasteiger partial charge in [0, 0.05) is 19.0 Å². The molecule has 3 rings (SSSR count). The van der Waals surface area contributed by atoms with E-state index in [1.165, 1.54) is 0 Å². The van der Waals surface area contributed by atoms with Gasteiger partial charge in [0.1, 0.15) is 5.82 Å². The molecular weight excluding hydrogens is 352 g/mol. The minimum Gasteiger partial charge on any atom is -0.274 e. The summed E-state index contributed by atoms with van der Waals surface area (Å²) in [5.41, 5.74) is 0.813. The molecule has 2 heterocycles. The van der Waals surface area contributed by atoms with E-state index in [1.807, 2.05) is 37.3 Å². The van der Waals surface area contributed by atoms with Gasteiger partial charge in [-0.2, -0.15) is 5.10 Å². The summed E-state index contributed by atoms with van der Waals surface area (Å²) in [6.45, 7) is 5.07. The number of aromatic nitrogens is 3. The lowest BCUT2D eigenvalue weighted by Crippen LogP contribution is -2.42. The van der Waals surface area contributed by atoms with Crippen LogP contribution >= 0.6 is 0 Å². The zero-order valence-corrected chi connectivity index (χ0v) is 16.1. The minimum absolute atomic E-state index is 0.0843. The van der Waals surface area contributed by atoms with E-state index in [-0.39, 0.29) is 16.9 Å². The van der Waals surface area contributed by atoms with E-state index in [1.54, 1.807) is 15.8 Å². The average Bonchev–Trinajstić information content (AvgIpc) is 3.02. The Kier molecular flexibility index (Phi) is 5.62. The monoisotopic (exact) mass is 378 g/mol. The van der Waals surface area contributed by atoms with Gasteiger partial charge >= 0.3 is 5.69 Å². The summed E-state index contributed by atoms with van der Waals surface area (Å²) in [5, 5.41) is 6.42. The summed E-state index contributed by atoms with van der Waals surface area (Å²) in [6, 6.07) is 9.78. The number of hydrogen-bond donors (Lipinski definition) is 1. The third-order valence-electron chi connectivity index (χ3n) is 5.23. The fraction of sp³-hybridized carbons (Fsp3) is 0.556. The van der Waals surface area contributed by atoms with Crippen molar-refractivity contribution in [3.05, 3.63) is 52.2 Å². The smallest absolute Gasteiger partial charge is 0.274 e. The Labute approximate surface area is 154 Å². The molecule has 0 amide bonds. The molecule has 1 aliphatic rings. The molecular formula is C18H26N4O3S. The molecule has 0 radical (unpaired) electrons. The van der Waals surface area contributed by atoms with Crippen LogP contribution in [0, 0.1) is 0 Å². The molecule has 1 saturated heterocycles. The highest BCUT2D eigenvalue weighted by molar-refractivity contribution is 7.89. The Balaban J connectivity index is 1.74. The van der Waals surface area contributed by atoms with Crippen molar-refractivity contribution in [3.8, 4) is 0 Å². The molecule has 1 atom stereocenters. The number of benzene rings is 1. The van der Waals surface area contributed by atoms with Gasteiger partial charge in [-0.05, 0) is 31.7 Å². The first-order valence-electron chi connectivity index (χ1n) is 9.11. The number of aromatic amines is 1. The summed E-state index contributed by atoms with van der Waals surface area (Å²) in [4.78, 5) is 12.2. The predicted octanol–water partition coefficient (Wildman–Crippen LogP) is 1.93. The Morgan fingerprint density at radius 2 is 1.88 bits per heavy atom. The van der Waals surface area contributed by atoms with Crippen LogP contribution in [0.1, 0.15) is 50.4 Å². The van der Waals surface area contributed by atoms with Crippen LogP contribution < -0.4 is 5.69 Å². The first-order chi connectivity index (χ1) is 12.4. The third kappa shape index (κ3) is 3.76. The topological polar surface area (TPSA) is 88.1 Å². The van der Waals surface area contributed by atoms with Gasteiger partial charge in [-0.25, -0.2) is 22.6 Å². The second-order valence-electron chi connectivity index (χ2n) is 6.90. The summed E-state index contributed by atoms with van der Waals surface area (Å²) < 4.78 is 28.3. The van der Waals surface area contributed by atoms with Crippen molar-refractivity contribution in [3.63, 3.8) is 0 Å². The Bertz CT molecular complexity index is 881. The SMILES string of the molecule is CC[C@H](C)S(=O)(=O)N1CCC(c2n[nH]c(=O)n2Cc2ccccc2)CC1. The van der Waals surface area contributed by atoms with Gasteiger partial charge in [-0.15, -0.1) is 0 Å². The van der Waals surface area contributed by atoms with E-state index in [4.69, 9.17) is 0 Å². The molecule has 1 aromatic carbocycles. The number of rotatable bonds is 6. The molecule has 0 bridgehead atoms. The van der Waals surface area contributed by atoms with Crippen LogP contribution in [-0.2, 0) is 16.6 Å². The zero-order valence-electron chi connectivity index (χ0n) is 15.3. The van der Waals surface area contributed by atoms with Crippen molar-refractivity contribution >= 4 is 10.0 Å². The number of piperidine rings is 1. The van der Waals surface area contributed by atoms with Crippen LogP contribution in [-0.4, -0.2) is 45.8 Å². The number of sulfonamides is 1. The lowest BCUT2D eigenvalue weighted by Gasteiger charge is -2.32. The highest BCUT2D eigenvalue weighted by Crippen LogP contribution is 2.28. The van der Waals surface area contributed by atoms with E-state index in [2.05, 4.69) is 10.2 Å². The maximum absolute atomic E-state index is 12.5. The van der Waals surface area contributed by atoms with Crippen LogP contribution in [0.4, 0.5) is 0 Å². The van der Waals surface area contributed by atoms with Crippen molar-refractivity contribution < 1.29 is 8.42 Å². The lowest BCUT2D eigenvalue weighted by molar-refractivity contribution is 0.306. The second-order valence-corrected chi connectivity index (χ2v) is 9.25. The Morgan fingerprint density at radius 1 is 1.23 bits per heavy atom. The van der Waals surface area contributed by atoms with E-state index >= 15 is 0 Å². The van der Waals surface area contributed by atoms with Crippen molar-refractivity contribution in [2.45, 2.75) is 50.8 Å². The van der Waals surface area contributed by atoms with Crippen LogP contribution in [0.15, 0.2) is 35.1 Å². The largest absolute Gasteiger partial charge is 0.343 e. The molecule has 0 aliphatic carbocycles. The van der Waals surface area contributed by atoms with Gasteiger partial charge in [0.2, 0.25) is 10.0 Å². The third-order valence-corrected chi connectivity index (χ3v) is 7.67. The van der Waals surface area contributed by atoms with Crippen LogP contribution in [0.3, 0.4) is 0 Å². The highest BCUT2D eigenvalue weighted by Gasteiger charge is 2.33. The standard InChI is InChI=1S/C18H26N4O3S/c1-3-14(2)26(24,25)21-11-9-16(10-12-21)17-19-20-18(23)22(17)13-15-7-5-4-6-8-15/h4-8,14,16H,3,9-13H2,1-2H3,(H,20,23)/t14-/m0/s1. The van der Waals surface area contributed by atoms with Gasteiger partial charge in [0.25, 0.3) is 0 Å². The quantitative estimate of drug-likeness (QED) is 0.832. The molecule has 1 N–H and O–H groups in total. The van der Waals surface area contributed by atoms with E-state index in [9.17, 15) is 13.2 Å². The van der Waals surface area contributed by atoms with E-state index < -0.39 is 10.0 Å². The molecule has 1 fully saturated rings. The number of hydrogen-bond acceptors (Lipinski definition) is 4. The summed E-state index contributed by atoms with van der Waals surface area (Å²) in [5.74, 6) is 0.806. The summed E-state index contributed by atoms with van der Waals surface area (Å²) >= 11 is 0. The molecule has 0 spiro atoms. The lowest BCUT2D eigenvalue weighted by atomic mass is 9.97. The highest BCUT2D eigenvalue weighted by atomic mass is 32.2. The maximum Gasteiger partial charge on any atom is 0.343 e. The number of nitrogens with one attached hydrogen (secondary N) is 1. The number of H-pyrrole nitrogens is 1. The molecule has 8 heteroatoms. The fourth-order valence-electron chi connectivity index (χ4n) is 3.39. The van der Waals surface area contributed by atoms with Crippen molar-refractivity contribution in [1.29, 1.82) is 0 Å². The fourth-order valence-corrected chi connectivity index (χ4v) is 5.04. The summed E-state index contributed by atoms with van der Waals surface area (Å²) in [7, 11) is -3.23. The summed E-state index contributed by atoms with van der Waals surface area (Å²) in [6.07, 6.45) is 1.96. The van der Waals surface area contributed by atoms with Gasteiger partial charge < -0.3 is 0 Å². The molecule has 2 aromatic rings. The Hall–Kier alpha value is -1.93. The molecule has 1 aromatic heterocycles. The first kappa shape index (κ1) is 18.8. The zero-order chi connectivity index (χ0) is 18.7. The van der Waals surface area contributed by atoms with Crippen LogP contribution in [0.25, 0.3) is 0 Å². The van der Waals surface area contributed by atoms with Gasteiger partial charge in [-0.3, -0.25) is 4.57 Å². The minimum atomic E-state index is -3.23. The first-order valence-corrected chi connectivity index (χ1v) is 10.6. The molecule has 0 saturated carbocycles. The van der Waals surface area contributed by atoms with Gasteiger partial charge in [0.05, 0.1) is 11.8 Å². The van der Waals surface area contributed by atoms with Gasteiger partial charge in [-0.1, -0.05) is 37.3 Å².